The average molecular weight is 271 g/mol. The topological polar surface area (TPSA) is 98.2 Å². The van der Waals surface area contributed by atoms with Crippen molar-refractivity contribution in [2.75, 3.05) is 0 Å². The summed E-state index contributed by atoms with van der Waals surface area (Å²) in [6, 6.07) is 1.29. The molecular formula is C6H4F3N3O4S. The molecule has 11 heteroatoms. The summed E-state index contributed by atoms with van der Waals surface area (Å²) in [6.07, 6.45) is -3.21. The summed E-state index contributed by atoms with van der Waals surface area (Å²) in [5.41, 5.74) is 0. The standard InChI is InChI=1S/C6H4F3N3O4S/c7-6(8,9)4(13)16-12-17(14,15)5-10-2-1-3-11-5/h1-3,12H. The summed E-state index contributed by atoms with van der Waals surface area (Å²) in [4.78, 5) is 21.0. The molecule has 1 aromatic heterocycles. The fraction of sp³-hybridized carbons (Fsp3) is 0.167. The zero-order chi connectivity index (χ0) is 13.1. The van der Waals surface area contributed by atoms with Crippen molar-refractivity contribution in [2.24, 2.45) is 0 Å². The molecule has 0 aliphatic heterocycles. The van der Waals surface area contributed by atoms with Gasteiger partial charge < -0.3 is 4.84 Å². The van der Waals surface area contributed by atoms with Crippen molar-refractivity contribution in [3.63, 3.8) is 0 Å². The van der Waals surface area contributed by atoms with E-state index in [1.807, 2.05) is 0 Å². The number of halogens is 3. The predicted octanol–water partition coefficient (Wildman–Crippen LogP) is -0.225. The number of sulfonamides is 1. The summed E-state index contributed by atoms with van der Waals surface area (Å²) in [6.45, 7) is 0. The second-order valence-electron chi connectivity index (χ2n) is 2.51. The maximum absolute atomic E-state index is 11.7. The molecule has 0 saturated carbocycles. The predicted molar refractivity (Wildman–Crippen MR) is 44.5 cm³/mol. The van der Waals surface area contributed by atoms with Gasteiger partial charge in [0.1, 0.15) is 0 Å². The quantitative estimate of drug-likeness (QED) is 0.602. The van der Waals surface area contributed by atoms with Gasteiger partial charge in [-0.1, -0.05) is 0 Å². The number of nitrogens with one attached hydrogen (secondary N) is 1. The lowest BCUT2D eigenvalue weighted by molar-refractivity contribution is -0.203. The Balaban J connectivity index is 2.74. The number of alkyl halides is 3. The van der Waals surface area contributed by atoms with Gasteiger partial charge in [-0.05, 0) is 11.0 Å². The molecule has 1 N–H and O–H groups in total. The van der Waals surface area contributed by atoms with Crippen LogP contribution in [0.15, 0.2) is 23.6 Å². The second kappa shape index (κ2) is 4.63. The Morgan fingerprint density at radius 2 is 1.82 bits per heavy atom. The molecular weight excluding hydrogens is 267 g/mol. The maximum Gasteiger partial charge on any atom is 0.492 e. The van der Waals surface area contributed by atoms with E-state index in [9.17, 15) is 26.4 Å². The van der Waals surface area contributed by atoms with E-state index in [0.717, 1.165) is 17.3 Å². The van der Waals surface area contributed by atoms with Crippen LogP contribution in [0.1, 0.15) is 0 Å². The second-order valence-corrected chi connectivity index (χ2v) is 4.04. The Labute approximate surface area is 92.6 Å². The molecule has 0 spiro atoms. The molecule has 17 heavy (non-hydrogen) atoms. The summed E-state index contributed by atoms with van der Waals surface area (Å²) < 4.78 is 57.4. The van der Waals surface area contributed by atoms with Crippen molar-refractivity contribution in [3.8, 4) is 0 Å². The molecule has 0 aliphatic rings. The lowest BCUT2D eigenvalue weighted by atomic mass is 10.7. The van der Waals surface area contributed by atoms with Crippen LogP contribution in [0.25, 0.3) is 0 Å². The highest BCUT2D eigenvalue weighted by molar-refractivity contribution is 7.89. The van der Waals surface area contributed by atoms with E-state index in [1.54, 1.807) is 0 Å². The highest BCUT2D eigenvalue weighted by Crippen LogP contribution is 2.16. The fourth-order valence-corrected chi connectivity index (χ4v) is 1.27. The number of nitrogens with zero attached hydrogens (tertiary/aromatic N) is 2. The number of hydrogen-bond donors (Lipinski definition) is 1. The molecule has 0 bridgehead atoms. The highest BCUT2D eigenvalue weighted by atomic mass is 32.2. The smallest absolute Gasteiger partial charge is 0.348 e. The highest BCUT2D eigenvalue weighted by Gasteiger charge is 2.42. The van der Waals surface area contributed by atoms with Gasteiger partial charge >= 0.3 is 22.2 Å². The van der Waals surface area contributed by atoms with Crippen molar-refractivity contribution in [1.82, 2.24) is 14.9 Å². The van der Waals surface area contributed by atoms with Gasteiger partial charge in [0.15, 0.2) is 0 Å². The Hall–Kier alpha value is -1.75. The summed E-state index contributed by atoms with van der Waals surface area (Å²) in [7, 11) is -4.53. The number of rotatable bonds is 3. The molecule has 0 saturated heterocycles. The van der Waals surface area contributed by atoms with Crippen LogP contribution < -0.4 is 4.89 Å². The zero-order valence-corrected chi connectivity index (χ0v) is 8.62. The van der Waals surface area contributed by atoms with Crippen LogP contribution in [0.2, 0.25) is 0 Å². The first kappa shape index (κ1) is 13.3. The van der Waals surface area contributed by atoms with Crippen molar-refractivity contribution in [3.05, 3.63) is 18.5 Å². The van der Waals surface area contributed by atoms with Gasteiger partial charge in [-0.3, -0.25) is 0 Å². The molecule has 0 aliphatic carbocycles. The largest absolute Gasteiger partial charge is 0.492 e. The lowest BCUT2D eigenvalue weighted by Gasteiger charge is -2.06. The van der Waals surface area contributed by atoms with Crippen molar-refractivity contribution in [1.29, 1.82) is 0 Å². The van der Waals surface area contributed by atoms with Crippen LogP contribution in [0, 0.1) is 0 Å². The molecule has 94 valence electrons. The monoisotopic (exact) mass is 271 g/mol. The first-order valence-electron chi connectivity index (χ1n) is 3.80. The van der Waals surface area contributed by atoms with E-state index in [2.05, 4.69) is 14.8 Å². The Bertz CT molecular complexity index is 501. The molecule has 7 nitrogen and oxygen atoms in total. The summed E-state index contributed by atoms with van der Waals surface area (Å²) in [5.74, 6) is -2.70. The number of carbonyl (C=O) groups is 1. The molecule has 0 aromatic carbocycles. The van der Waals surface area contributed by atoms with E-state index in [1.165, 1.54) is 6.07 Å². The minimum absolute atomic E-state index is 0.824. The summed E-state index contributed by atoms with van der Waals surface area (Å²) in [5, 5.41) is -0.824. The van der Waals surface area contributed by atoms with Gasteiger partial charge in [0.05, 0.1) is 0 Å². The van der Waals surface area contributed by atoms with Crippen molar-refractivity contribution >= 4 is 16.0 Å². The molecule has 0 unspecified atom stereocenters. The normalized spacial score (nSPS) is 12.2. The van der Waals surface area contributed by atoms with Crippen LogP contribution in [0.3, 0.4) is 0 Å². The van der Waals surface area contributed by atoms with Gasteiger partial charge in [0.2, 0.25) is 0 Å². The Kier molecular flexibility index (Phi) is 3.63. The van der Waals surface area contributed by atoms with Gasteiger partial charge in [-0.25, -0.2) is 23.2 Å². The van der Waals surface area contributed by atoms with Crippen molar-refractivity contribution < 1.29 is 31.2 Å². The van der Waals surface area contributed by atoms with E-state index in [-0.39, 0.29) is 0 Å². The molecule has 0 radical (unpaired) electrons. The van der Waals surface area contributed by atoms with Crippen LogP contribution >= 0.6 is 0 Å². The van der Waals surface area contributed by atoms with Crippen LogP contribution in [-0.2, 0) is 19.7 Å². The Morgan fingerprint density at radius 1 is 1.29 bits per heavy atom. The van der Waals surface area contributed by atoms with E-state index >= 15 is 0 Å². The van der Waals surface area contributed by atoms with Gasteiger partial charge in [-0.15, -0.1) is 0 Å². The molecule has 0 atom stereocenters. The molecule has 1 rings (SSSR count). The van der Waals surface area contributed by atoms with Gasteiger partial charge in [-0.2, -0.15) is 13.2 Å². The molecule has 0 amide bonds. The number of hydrogen-bond acceptors (Lipinski definition) is 6. The summed E-state index contributed by atoms with van der Waals surface area (Å²) >= 11 is 0. The first-order valence-corrected chi connectivity index (χ1v) is 5.28. The lowest BCUT2D eigenvalue weighted by Crippen LogP contribution is -2.35. The third-order valence-corrected chi connectivity index (χ3v) is 2.25. The molecule has 1 aromatic rings. The van der Waals surface area contributed by atoms with Crippen LogP contribution in [0.5, 0.6) is 0 Å². The van der Waals surface area contributed by atoms with E-state index in [4.69, 9.17) is 0 Å². The molecule has 1 heterocycles. The Morgan fingerprint density at radius 3 is 2.29 bits per heavy atom. The van der Waals surface area contributed by atoms with E-state index in [0.29, 0.717) is 0 Å². The van der Waals surface area contributed by atoms with Crippen molar-refractivity contribution in [2.45, 2.75) is 11.3 Å². The van der Waals surface area contributed by atoms with Crippen LogP contribution in [0.4, 0.5) is 13.2 Å². The third-order valence-electron chi connectivity index (χ3n) is 1.26. The fourth-order valence-electron chi connectivity index (χ4n) is 0.612. The van der Waals surface area contributed by atoms with Crippen LogP contribution in [-0.4, -0.2) is 30.5 Å². The SMILES string of the molecule is O=C(ONS(=O)(=O)c1ncccn1)C(F)(F)F. The maximum atomic E-state index is 11.7. The first-order chi connectivity index (χ1) is 7.73. The van der Waals surface area contributed by atoms with Gasteiger partial charge in [0.25, 0.3) is 5.16 Å². The van der Waals surface area contributed by atoms with E-state index < -0.39 is 27.3 Å². The zero-order valence-electron chi connectivity index (χ0n) is 7.80. The number of aromatic nitrogens is 2. The minimum atomic E-state index is -5.31. The average Bonchev–Trinajstić information content (AvgIpc) is 2.26. The number of carbonyl (C=O) groups excluding carboxylic acids is 1. The third kappa shape index (κ3) is 3.64. The molecule has 0 fully saturated rings. The van der Waals surface area contributed by atoms with Gasteiger partial charge in [0, 0.05) is 12.4 Å². The minimum Gasteiger partial charge on any atom is -0.348 e.